The van der Waals surface area contributed by atoms with Crippen molar-refractivity contribution < 1.29 is 14.3 Å². The van der Waals surface area contributed by atoms with Crippen LogP contribution in [0.3, 0.4) is 0 Å². The molecule has 0 saturated carbocycles. The zero-order chi connectivity index (χ0) is 30.3. The van der Waals surface area contributed by atoms with Crippen molar-refractivity contribution in [2.75, 3.05) is 12.0 Å². The summed E-state index contributed by atoms with van der Waals surface area (Å²) in [5.41, 5.74) is 14.1. The number of rotatable bonds is 6. The molecule has 7 heteroatoms. The lowest BCUT2D eigenvalue weighted by Gasteiger charge is -2.44. The van der Waals surface area contributed by atoms with Crippen LogP contribution in [0.2, 0.25) is 5.02 Å². The molecule has 1 aliphatic carbocycles. The van der Waals surface area contributed by atoms with E-state index in [1.54, 1.807) is 7.11 Å². The number of methoxy groups -OCH3 is 1. The number of nitrogens with two attached hydrogens (primary N) is 1. The molecule has 1 unspecified atom stereocenters. The Balaban J connectivity index is 1.64. The van der Waals surface area contributed by atoms with E-state index in [1.807, 2.05) is 68.1 Å². The van der Waals surface area contributed by atoms with Crippen LogP contribution in [0, 0.1) is 37.5 Å². The number of ketones is 1. The second-order valence-electron chi connectivity index (χ2n) is 12.0. The van der Waals surface area contributed by atoms with E-state index in [-0.39, 0.29) is 11.2 Å². The monoisotopic (exact) mass is 581 g/mol. The van der Waals surface area contributed by atoms with E-state index in [0.717, 1.165) is 45.0 Å². The Labute approximate surface area is 253 Å². The van der Waals surface area contributed by atoms with Crippen LogP contribution in [0.25, 0.3) is 0 Å². The molecular weight excluding hydrogens is 546 g/mol. The normalized spacial score (nSPS) is 18.1. The molecule has 0 fully saturated rings. The van der Waals surface area contributed by atoms with E-state index in [0.29, 0.717) is 47.2 Å². The summed E-state index contributed by atoms with van der Waals surface area (Å²) in [7, 11) is 1.62. The largest absolute Gasteiger partial charge is 0.497 e. The number of nitrogens with zero attached hydrogens (tertiary/aromatic N) is 2. The average molecular weight is 582 g/mol. The highest BCUT2D eigenvalue weighted by Crippen LogP contribution is 2.51. The summed E-state index contributed by atoms with van der Waals surface area (Å²) in [5, 5.41) is 11.2. The molecule has 1 heterocycles. The Morgan fingerprint density at radius 3 is 2.38 bits per heavy atom. The highest BCUT2D eigenvalue weighted by atomic mass is 35.5. The number of carbonyl (C=O) groups is 1. The van der Waals surface area contributed by atoms with Crippen LogP contribution in [-0.2, 0) is 11.4 Å². The van der Waals surface area contributed by atoms with Gasteiger partial charge in [-0.1, -0.05) is 37.6 Å². The second-order valence-corrected chi connectivity index (χ2v) is 12.4. The number of benzene rings is 3. The summed E-state index contributed by atoms with van der Waals surface area (Å²) >= 11 is 6.13. The van der Waals surface area contributed by atoms with E-state index in [2.05, 4.69) is 32.0 Å². The summed E-state index contributed by atoms with van der Waals surface area (Å²) in [6.45, 7) is 10.6. The molecule has 2 aliphatic rings. The number of halogens is 1. The van der Waals surface area contributed by atoms with E-state index < -0.39 is 5.92 Å². The molecular formula is C35H36ClN3O3. The molecule has 1 aliphatic heterocycles. The number of hydrogen-bond donors (Lipinski definition) is 1. The van der Waals surface area contributed by atoms with Crippen LogP contribution < -0.4 is 20.1 Å². The fourth-order valence-electron chi connectivity index (χ4n) is 6.16. The lowest BCUT2D eigenvalue weighted by atomic mass is 9.68. The summed E-state index contributed by atoms with van der Waals surface area (Å²) in [5.74, 6) is 1.28. The number of nitriles is 1. The number of carbonyl (C=O) groups excluding carboxylic acids is 1. The lowest BCUT2D eigenvalue weighted by molar-refractivity contribution is -0.118. The van der Waals surface area contributed by atoms with E-state index >= 15 is 0 Å². The fourth-order valence-corrected chi connectivity index (χ4v) is 6.39. The molecule has 1 atom stereocenters. The van der Waals surface area contributed by atoms with Crippen LogP contribution in [0.5, 0.6) is 11.5 Å². The van der Waals surface area contributed by atoms with Crippen molar-refractivity contribution in [3.05, 3.63) is 110 Å². The van der Waals surface area contributed by atoms with E-state index in [9.17, 15) is 10.1 Å². The molecule has 0 radical (unpaired) electrons. The standard InChI is InChI=1S/C35H36ClN3O3/c1-20-13-21(2)27(15-23(20)19-42-31-12-7-24(36)14-22(31)3)32-28(18-37)34(38)39(25-8-10-26(41-6)11-9-25)29-16-35(4,5)17-30(40)33(29)32/h7-15,32H,16-17,19,38H2,1-6H3. The third-order valence-corrected chi connectivity index (χ3v) is 8.50. The van der Waals surface area contributed by atoms with Gasteiger partial charge in [0.15, 0.2) is 5.78 Å². The Morgan fingerprint density at radius 2 is 1.74 bits per heavy atom. The molecule has 0 bridgehead atoms. The average Bonchev–Trinajstić information content (AvgIpc) is 2.92. The first kappa shape index (κ1) is 29.3. The highest BCUT2D eigenvalue weighted by molar-refractivity contribution is 6.30. The number of ether oxygens (including phenoxy) is 2. The van der Waals surface area contributed by atoms with Gasteiger partial charge < -0.3 is 15.2 Å². The quantitative estimate of drug-likeness (QED) is 0.319. The molecule has 3 aromatic rings. The summed E-state index contributed by atoms with van der Waals surface area (Å²) in [6, 6.07) is 19.6. The van der Waals surface area contributed by atoms with Gasteiger partial charge in [-0.15, -0.1) is 0 Å². The van der Waals surface area contributed by atoms with Gasteiger partial charge in [0.1, 0.15) is 23.9 Å². The van der Waals surface area contributed by atoms with Crippen LogP contribution in [-0.4, -0.2) is 12.9 Å². The topological polar surface area (TPSA) is 88.6 Å². The predicted molar refractivity (Wildman–Crippen MR) is 167 cm³/mol. The maximum absolute atomic E-state index is 14.0. The molecule has 0 saturated heterocycles. The first-order valence-electron chi connectivity index (χ1n) is 14.0. The van der Waals surface area contributed by atoms with Gasteiger partial charge in [-0.3, -0.25) is 9.69 Å². The summed E-state index contributed by atoms with van der Waals surface area (Å²) in [6.07, 6.45) is 1.04. The maximum atomic E-state index is 14.0. The molecule has 42 heavy (non-hydrogen) atoms. The Bertz CT molecular complexity index is 1680. The first-order chi connectivity index (χ1) is 19.9. The number of aryl methyl sites for hydroxylation is 3. The minimum absolute atomic E-state index is 0.0413. The van der Waals surface area contributed by atoms with Crippen molar-refractivity contribution in [1.82, 2.24) is 0 Å². The minimum atomic E-state index is -0.570. The van der Waals surface area contributed by atoms with Gasteiger partial charge in [-0.2, -0.15) is 5.26 Å². The van der Waals surface area contributed by atoms with Crippen molar-refractivity contribution >= 4 is 23.1 Å². The fraction of sp³-hybridized carbons (Fsp3) is 0.314. The molecule has 0 aromatic heterocycles. The maximum Gasteiger partial charge on any atom is 0.162 e. The number of hydrogen-bond acceptors (Lipinski definition) is 6. The number of allylic oxidation sites excluding steroid dienone is 3. The molecule has 6 nitrogen and oxygen atoms in total. The molecule has 216 valence electrons. The Kier molecular flexibility index (Phi) is 7.83. The third kappa shape index (κ3) is 5.37. The van der Waals surface area contributed by atoms with E-state index in [4.69, 9.17) is 26.8 Å². The molecule has 3 aromatic carbocycles. The second kappa shape index (κ2) is 11.2. The molecule has 0 spiro atoms. The predicted octanol–water partition coefficient (Wildman–Crippen LogP) is 7.79. The Morgan fingerprint density at radius 1 is 1.02 bits per heavy atom. The Hall–Kier alpha value is -4.21. The van der Waals surface area contributed by atoms with Crippen molar-refractivity contribution in [2.24, 2.45) is 11.1 Å². The smallest absolute Gasteiger partial charge is 0.162 e. The van der Waals surface area contributed by atoms with Gasteiger partial charge in [-0.05, 0) is 103 Å². The van der Waals surface area contributed by atoms with Crippen molar-refractivity contribution in [1.29, 1.82) is 5.26 Å². The van der Waals surface area contributed by atoms with Crippen LogP contribution in [0.1, 0.15) is 60.4 Å². The van der Waals surface area contributed by atoms with Gasteiger partial charge >= 0.3 is 0 Å². The van der Waals surface area contributed by atoms with Crippen molar-refractivity contribution in [2.45, 2.75) is 60.0 Å². The molecule has 2 N–H and O–H groups in total. The first-order valence-corrected chi connectivity index (χ1v) is 14.4. The van der Waals surface area contributed by atoms with Gasteiger partial charge in [0.25, 0.3) is 0 Å². The lowest BCUT2D eigenvalue weighted by Crippen LogP contribution is -2.42. The minimum Gasteiger partial charge on any atom is -0.497 e. The van der Waals surface area contributed by atoms with Gasteiger partial charge in [0.05, 0.1) is 24.7 Å². The summed E-state index contributed by atoms with van der Waals surface area (Å²) in [4.78, 5) is 15.9. The highest BCUT2D eigenvalue weighted by Gasteiger charge is 2.45. The third-order valence-electron chi connectivity index (χ3n) is 8.27. The van der Waals surface area contributed by atoms with Crippen molar-refractivity contribution in [3.8, 4) is 17.6 Å². The van der Waals surface area contributed by atoms with Gasteiger partial charge in [0, 0.05) is 28.4 Å². The molecule has 0 amide bonds. The number of anilines is 1. The van der Waals surface area contributed by atoms with Gasteiger partial charge in [-0.25, -0.2) is 0 Å². The number of Topliss-reactive ketones (excluding diaryl/α,β-unsaturated/α-hetero) is 1. The molecule has 5 rings (SSSR count). The van der Waals surface area contributed by atoms with E-state index in [1.165, 1.54) is 0 Å². The summed E-state index contributed by atoms with van der Waals surface area (Å²) < 4.78 is 11.6. The SMILES string of the molecule is COc1ccc(N2C(N)=C(C#N)C(c3cc(COc4ccc(Cl)cc4C)c(C)cc3C)C3=C2CC(C)(C)CC3=O)cc1. The van der Waals surface area contributed by atoms with Crippen molar-refractivity contribution in [3.63, 3.8) is 0 Å². The zero-order valence-corrected chi connectivity index (χ0v) is 25.7. The van der Waals surface area contributed by atoms with Crippen LogP contribution in [0.4, 0.5) is 5.69 Å². The van der Waals surface area contributed by atoms with Crippen LogP contribution >= 0.6 is 11.6 Å². The van der Waals surface area contributed by atoms with Crippen LogP contribution in [0.15, 0.2) is 77.3 Å². The zero-order valence-electron chi connectivity index (χ0n) is 25.0. The van der Waals surface area contributed by atoms with Gasteiger partial charge in [0.2, 0.25) is 0 Å².